The molecule has 0 aromatic carbocycles. The lowest BCUT2D eigenvalue weighted by Crippen LogP contribution is -2.44. The summed E-state index contributed by atoms with van der Waals surface area (Å²) >= 11 is 0. The average molecular weight is 238 g/mol. The molecular weight excluding hydrogens is 208 g/mol. The molecule has 0 unspecified atom stereocenters. The third-order valence-electron chi connectivity index (χ3n) is 4.90. The van der Waals surface area contributed by atoms with Crippen LogP contribution in [0, 0.1) is 5.41 Å². The number of rotatable bonds is 3. The van der Waals surface area contributed by atoms with E-state index in [1.807, 2.05) is 0 Å². The molecule has 2 nitrogen and oxygen atoms in total. The fourth-order valence-corrected chi connectivity index (χ4v) is 3.50. The van der Waals surface area contributed by atoms with Crippen molar-refractivity contribution in [2.75, 3.05) is 19.6 Å². The van der Waals surface area contributed by atoms with E-state index in [1.165, 1.54) is 64.6 Å². The van der Waals surface area contributed by atoms with Crippen LogP contribution in [0.3, 0.4) is 0 Å². The van der Waals surface area contributed by atoms with E-state index in [1.54, 1.807) is 0 Å². The number of piperidine rings is 1. The zero-order chi connectivity index (χ0) is 12.4. The Kier molecular flexibility index (Phi) is 4.14. The van der Waals surface area contributed by atoms with Crippen molar-refractivity contribution < 1.29 is 0 Å². The van der Waals surface area contributed by atoms with E-state index in [4.69, 9.17) is 5.73 Å². The molecule has 0 amide bonds. The Labute approximate surface area is 107 Å². The molecule has 0 aromatic heterocycles. The number of hydrogen-bond acceptors (Lipinski definition) is 2. The highest BCUT2D eigenvalue weighted by Crippen LogP contribution is 2.44. The van der Waals surface area contributed by atoms with Gasteiger partial charge in [-0.05, 0) is 71.0 Å². The first-order chi connectivity index (χ1) is 7.99. The average Bonchev–Trinajstić information content (AvgIpc) is 2.29. The van der Waals surface area contributed by atoms with Gasteiger partial charge in [-0.3, -0.25) is 0 Å². The summed E-state index contributed by atoms with van der Waals surface area (Å²) in [7, 11) is 0. The van der Waals surface area contributed by atoms with Crippen molar-refractivity contribution in [2.45, 2.75) is 70.8 Å². The van der Waals surface area contributed by atoms with Crippen LogP contribution in [0.5, 0.6) is 0 Å². The van der Waals surface area contributed by atoms with Crippen molar-refractivity contribution >= 4 is 0 Å². The topological polar surface area (TPSA) is 29.3 Å². The van der Waals surface area contributed by atoms with Gasteiger partial charge >= 0.3 is 0 Å². The molecule has 1 saturated heterocycles. The molecule has 1 aliphatic carbocycles. The molecule has 1 spiro atoms. The SMILES string of the molecule is CC(C)(N)CCN1CCC2(CCCCC2)CC1. The van der Waals surface area contributed by atoms with Crippen LogP contribution < -0.4 is 5.73 Å². The fraction of sp³-hybridized carbons (Fsp3) is 1.00. The van der Waals surface area contributed by atoms with Gasteiger partial charge in [-0.2, -0.15) is 0 Å². The summed E-state index contributed by atoms with van der Waals surface area (Å²) in [6, 6.07) is 0. The highest BCUT2D eigenvalue weighted by atomic mass is 15.1. The van der Waals surface area contributed by atoms with Gasteiger partial charge in [0.25, 0.3) is 0 Å². The lowest BCUT2D eigenvalue weighted by Gasteiger charge is -2.44. The molecule has 2 fully saturated rings. The van der Waals surface area contributed by atoms with Gasteiger partial charge in [0.05, 0.1) is 0 Å². The van der Waals surface area contributed by atoms with Crippen LogP contribution in [0.15, 0.2) is 0 Å². The maximum Gasteiger partial charge on any atom is 0.0109 e. The molecule has 2 aliphatic rings. The van der Waals surface area contributed by atoms with Crippen LogP contribution in [0.4, 0.5) is 0 Å². The van der Waals surface area contributed by atoms with Gasteiger partial charge in [-0.25, -0.2) is 0 Å². The Bertz CT molecular complexity index is 226. The van der Waals surface area contributed by atoms with Gasteiger partial charge in [-0.15, -0.1) is 0 Å². The minimum absolute atomic E-state index is 0.0000270. The Hall–Kier alpha value is -0.0800. The standard InChI is InChI=1S/C15H30N2/c1-14(2,16)8-11-17-12-9-15(10-13-17)6-4-3-5-7-15/h3-13,16H2,1-2H3. The summed E-state index contributed by atoms with van der Waals surface area (Å²) in [5, 5.41) is 0. The molecule has 100 valence electrons. The largest absolute Gasteiger partial charge is 0.326 e. The molecular formula is C15H30N2. The Morgan fingerprint density at radius 1 is 1.00 bits per heavy atom. The van der Waals surface area contributed by atoms with Gasteiger partial charge in [0.2, 0.25) is 0 Å². The number of nitrogens with two attached hydrogens (primary N) is 1. The van der Waals surface area contributed by atoms with Crippen LogP contribution in [-0.2, 0) is 0 Å². The highest BCUT2D eigenvalue weighted by Gasteiger charge is 2.35. The van der Waals surface area contributed by atoms with Gasteiger partial charge in [0.15, 0.2) is 0 Å². The minimum atomic E-state index is -0.0000270. The molecule has 17 heavy (non-hydrogen) atoms. The van der Waals surface area contributed by atoms with Crippen LogP contribution in [0.25, 0.3) is 0 Å². The fourth-order valence-electron chi connectivity index (χ4n) is 3.50. The van der Waals surface area contributed by atoms with Crippen molar-refractivity contribution in [1.82, 2.24) is 4.90 Å². The molecule has 0 bridgehead atoms. The molecule has 1 aliphatic heterocycles. The smallest absolute Gasteiger partial charge is 0.0109 e. The molecule has 0 aromatic rings. The van der Waals surface area contributed by atoms with Crippen molar-refractivity contribution in [3.63, 3.8) is 0 Å². The second-order valence-electron chi connectivity index (χ2n) is 7.14. The number of hydrogen-bond donors (Lipinski definition) is 1. The number of likely N-dealkylation sites (tertiary alicyclic amines) is 1. The van der Waals surface area contributed by atoms with Crippen molar-refractivity contribution in [1.29, 1.82) is 0 Å². The van der Waals surface area contributed by atoms with E-state index in [0.717, 1.165) is 11.8 Å². The first-order valence-corrected chi connectivity index (χ1v) is 7.51. The zero-order valence-corrected chi connectivity index (χ0v) is 11.8. The highest BCUT2D eigenvalue weighted by molar-refractivity contribution is 4.88. The summed E-state index contributed by atoms with van der Waals surface area (Å²) in [6.07, 6.45) is 11.5. The van der Waals surface area contributed by atoms with E-state index in [2.05, 4.69) is 18.7 Å². The molecule has 0 radical (unpaired) electrons. The van der Waals surface area contributed by atoms with Gasteiger partial charge in [0, 0.05) is 5.54 Å². The second-order valence-corrected chi connectivity index (χ2v) is 7.14. The lowest BCUT2D eigenvalue weighted by atomic mass is 9.68. The molecule has 2 heteroatoms. The van der Waals surface area contributed by atoms with Crippen molar-refractivity contribution in [2.24, 2.45) is 11.1 Å². The second kappa shape index (κ2) is 5.27. The maximum absolute atomic E-state index is 6.06. The Morgan fingerprint density at radius 3 is 2.12 bits per heavy atom. The normalized spacial score (nSPS) is 26.3. The number of nitrogens with zero attached hydrogens (tertiary/aromatic N) is 1. The van der Waals surface area contributed by atoms with Crippen LogP contribution in [-0.4, -0.2) is 30.1 Å². The van der Waals surface area contributed by atoms with E-state index < -0.39 is 0 Å². The van der Waals surface area contributed by atoms with Crippen molar-refractivity contribution in [3.8, 4) is 0 Å². The van der Waals surface area contributed by atoms with E-state index in [0.29, 0.717) is 0 Å². The monoisotopic (exact) mass is 238 g/mol. The Morgan fingerprint density at radius 2 is 1.59 bits per heavy atom. The van der Waals surface area contributed by atoms with Crippen LogP contribution in [0.1, 0.15) is 65.2 Å². The quantitative estimate of drug-likeness (QED) is 0.818. The summed E-state index contributed by atoms with van der Waals surface area (Å²) < 4.78 is 0. The third kappa shape index (κ3) is 3.96. The first kappa shape index (κ1) is 13.4. The predicted octanol–water partition coefficient (Wildman–Crippen LogP) is 3.16. The molecule has 2 N–H and O–H groups in total. The van der Waals surface area contributed by atoms with E-state index >= 15 is 0 Å². The van der Waals surface area contributed by atoms with Crippen LogP contribution in [0.2, 0.25) is 0 Å². The van der Waals surface area contributed by atoms with Gasteiger partial charge in [0.1, 0.15) is 0 Å². The van der Waals surface area contributed by atoms with Crippen LogP contribution >= 0.6 is 0 Å². The summed E-state index contributed by atoms with van der Waals surface area (Å²) in [4.78, 5) is 2.63. The third-order valence-corrected chi connectivity index (χ3v) is 4.90. The minimum Gasteiger partial charge on any atom is -0.326 e. The summed E-state index contributed by atoms with van der Waals surface area (Å²) in [6.45, 7) is 8.10. The molecule has 1 heterocycles. The predicted molar refractivity (Wildman–Crippen MR) is 74.1 cm³/mol. The van der Waals surface area contributed by atoms with Gasteiger partial charge in [-0.1, -0.05) is 19.3 Å². The summed E-state index contributed by atoms with van der Waals surface area (Å²) in [5.74, 6) is 0. The zero-order valence-electron chi connectivity index (χ0n) is 11.8. The molecule has 0 atom stereocenters. The Balaban J connectivity index is 1.74. The lowest BCUT2D eigenvalue weighted by molar-refractivity contribution is 0.0648. The van der Waals surface area contributed by atoms with Crippen molar-refractivity contribution in [3.05, 3.63) is 0 Å². The first-order valence-electron chi connectivity index (χ1n) is 7.51. The molecule has 1 saturated carbocycles. The van der Waals surface area contributed by atoms with Gasteiger partial charge < -0.3 is 10.6 Å². The summed E-state index contributed by atoms with van der Waals surface area (Å²) in [5.41, 5.74) is 6.81. The van der Waals surface area contributed by atoms with E-state index in [9.17, 15) is 0 Å². The molecule has 2 rings (SSSR count). The maximum atomic E-state index is 6.06. The van der Waals surface area contributed by atoms with E-state index in [-0.39, 0.29) is 5.54 Å².